The normalized spacial score (nSPS) is 23.1. The van der Waals surface area contributed by atoms with E-state index >= 15 is 0 Å². The maximum absolute atomic E-state index is 14.1. The average Bonchev–Trinajstić information content (AvgIpc) is 2.95. The van der Waals surface area contributed by atoms with E-state index in [0.29, 0.717) is 25.6 Å². The molecule has 1 unspecified atom stereocenters. The molecule has 1 saturated heterocycles. The second-order valence-corrected chi connectivity index (χ2v) is 13.6. The zero-order valence-electron chi connectivity index (χ0n) is 25.9. The van der Waals surface area contributed by atoms with Crippen LogP contribution < -0.4 is 4.74 Å². The molecule has 1 aliphatic heterocycles. The average molecular weight is 588 g/mol. The van der Waals surface area contributed by atoms with E-state index in [0.717, 1.165) is 55.4 Å². The summed E-state index contributed by atoms with van der Waals surface area (Å²) in [5.74, 6) is 1.12. The molecule has 0 radical (unpaired) electrons. The van der Waals surface area contributed by atoms with Crippen molar-refractivity contribution in [3.63, 3.8) is 0 Å². The third kappa shape index (κ3) is 7.97. The number of aliphatic hydroxyl groups excluding tert-OH is 1. The summed E-state index contributed by atoms with van der Waals surface area (Å²) in [7, 11) is 1.65. The third-order valence-corrected chi connectivity index (χ3v) is 9.34. The summed E-state index contributed by atoms with van der Waals surface area (Å²) in [6.45, 7) is 8.54. The molecular weight excluding hydrogens is 539 g/mol. The van der Waals surface area contributed by atoms with Crippen molar-refractivity contribution in [1.82, 2.24) is 4.90 Å². The molecule has 2 atom stereocenters. The largest absolute Gasteiger partial charge is 0.497 e. The lowest BCUT2D eigenvalue weighted by Crippen LogP contribution is -2.47. The summed E-state index contributed by atoms with van der Waals surface area (Å²) < 4.78 is 53.7. The van der Waals surface area contributed by atoms with Gasteiger partial charge in [0.25, 0.3) is 0 Å². The van der Waals surface area contributed by atoms with Gasteiger partial charge in [0.2, 0.25) is 0 Å². The molecule has 0 bridgehead atoms. The Bertz CT molecular complexity index is 1190. The molecule has 0 amide bonds. The van der Waals surface area contributed by atoms with Gasteiger partial charge in [0, 0.05) is 31.7 Å². The van der Waals surface area contributed by atoms with Gasteiger partial charge < -0.3 is 14.6 Å². The first-order valence-electron chi connectivity index (χ1n) is 15.2. The third-order valence-electron chi connectivity index (χ3n) is 9.34. The standard InChI is InChI=1S/C35H48F3NO3/c1-32(2,35(36,37)38)25-39(22-26-6-10-28(11-7-26)29-12-8-27(23-40)9-13-29)20-18-34(19-21-42-33(3,4)24-34)30-14-16-31(41-5)17-15-30/h6-7,10-12,14-17,27,40H,8-9,13,18-25H2,1-5H3/t27?,34-/m1/s1. The lowest BCUT2D eigenvalue weighted by Gasteiger charge is -2.46. The highest BCUT2D eigenvalue weighted by Crippen LogP contribution is 2.45. The van der Waals surface area contributed by atoms with Crippen LogP contribution in [0.3, 0.4) is 0 Å². The molecule has 0 aromatic heterocycles. The fourth-order valence-corrected chi connectivity index (χ4v) is 6.66. The molecule has 2 aliphatic rings. The van der Waals surface area contributed by atoms with E-state index in [1.165, 1.54) is 25.0 Å². The second-order valence-electron chi connectivity index (χ2n) is 13.6. The Labute approximate surface area is 249 Å². The Kier molecular flexibility index (Phi) is 10.2. The number of benzene rings is 2. The number of hydrogen-bond acceptors (Lipinski definition) is 4. The lowest BCUT2D eigenvalue weighted by atomic mass is 9.67. The number of halogens is 3. The van der Waals surface area contributed by atoms with Gasteiger partial charge in [-0.15, -0.1) is 0 Å². The van der Waals surface area contributed by atoms with Crippen LogP contribution in [-0.2, 0) is 16.7 Å². The zero-order chi connectivity index (χ0) is 30.6. The Morgan fingerprint density at radius 1 is 1.05 bits per heavy atom. The molecule has 7 heteroatoms. The summed E-state index contributed by atoms with van der Waals surface area (Å²) in [5.41, 5.74) is 2.25. The molecule has 1 N–H and O–H groups in total. The molecule has 2 aromatic carbocycles. The topological polar surface area (TPSA) is 41.9 Å². The second kappa shape index (κ2) is 13.1. The highest BCUT2D eigenvalue weighted by atomic mass is 19.4. The van der Waals surface area contributed by atoms with E-state index < -0.39 is 11.6 Å². The minimum Gasteiger partial charge on any atom is -0.497 e. The van der Waals surface area contributed by atoms with E-state index in [2.05, 4.69) is 56.3 Å². The van der Waals surface area contributed by atoms with Crippen LogP contribution in [0.2, 0.25) is 0 Å². The predicted molar refractivity (Wildman–Crippen MR) is 163 cm³/mol. The van der Waals surface area contributed by atoms with Gasteiger partial charge in [-0.3, -0.25) is 4.90 Å². The first-order valence-corrected chi connectivity index (χ1v) is 15.2. The molecular formula is C35H48F3NO3. The van der Waals surface area contributed by atoms with Crippen LogP contribution in [0.5, 0.6) is 5.75 Å². The number of allylic oxidation sites excluding steroid dienone is 2. The van der Waals surface area contributed by atoms with Crippen LogP contribution in [0.4, 0.5) is 13.2 Å². The number of rotatable bonds is 11. The monoisotopic (exact) mass is 587 g/mol. The summed E-state index contributed by atoms with van der Waals surface area (Å²) in [5, 5.41) is 9.44. The fourth-order valence-electron chi connectivity index (χ4n) is 6.66. The van der Waals surface area contributed by atoms with Crippen molar-refractivity contribution in [1.29, 1.82) is 0 Å². The van der Waals surface area contributed by atoms with Gasteiger partial charge in [-0.05, 0) is 113 Å². The quantitative estimate of drug-likeness (QED) is 0.288. The molecule has 4 nitrogen and oxygen atoms in total. The predicted octanol–water partition coefficient (Wildman–Crippen LogP) is 8.18. The minimum atomic E-state index is -4.30. The van der Waals surface area contributed by atoms with Crippen LogP contribution in [-0.4, -0.2) is 55.2 Å². The number of alkyl halides is 3. The van der Waals surface area contributed by atoms with Crippen molar-refractivity contribution in [2.45, 2.75) is 90.0 Å². The van der Waals surface area contributed by atoms with Crippen LogP contribution in [0.1, 0.15) is 82.9 Å². The van der Waals surface area contributed by atoms with Crippen LogP contribution in [0.15, 0.2) is 54.6 Å². The fraction of sp³-hybridized carbons (Fsp3) is 0.600. The van der Waals surface area contributed by atoms with Crippen molar-refractivity contribution in [2.75, 3.05) is 33.4 Å². The molecule has 0 spiro atoms. The number of ether oxygens (including phenoxy) is 2. The van der Waals surface area contributed by atoms with E-state index in [1.54, 1.807) is 7.11 Å². The zero-order valence-corrected chi connectivity index (χ0v) is 25.9. The van der Waals surface area contributed by atoms with E-state index in [9.17, 15) is 18.3 Å². The molecule has 232 valence electrons. The molecule has 2 aromatic rings. The highest BCUT2D eigenvalue weighted by molar-refractivity contribution is 5.66. The van der Waals surface area contributed by atoms with E-state index in [4.69, 9.17) is 9.47 Å². The summed E-state index contributed by atoms with van der Waals surface area (Å²) in [4.78, 5) is 1.99. The summed E-state index contributed by atoms with van der Waals surface area (Å²) >= 11 is 0. The van der Waals surface area contributed by atoms with Crippen LogP contribution in [0, 0.1) is 11.3 Å². The van der Waals surface area contributed by atoms with Crippen molar-refractivity contribution in [2.24, 2.45) is 11.3 Å². The molecule has 1 fully saturated rings. The molecule has 1 aliphatic carbocycles. The minimum absolute atomic E-state index is 0.0788. The van der Waals surface area contributed by atoms with E-state index in [-0.39, 0.29) is 24.2 Å². The van der Waals surface area contributed by atoms with Crippen molar-refractivity contribution < 1.29 is 27.8 Å². The lowest BCUT2D eigenvalue weighted by molar-refractivity contribution is -0.217. The van der Waals surface area contributed by atoms with Gasteiger partial charge in [0.1, 0.15) is 5.75 Å². The molecule has 1 heterocycles. The van der Waals surface area contributed by atoms with Gasteiger partial charge in [0.05, 0.1) is 18.1 Å². The Morgan fingerprint density at radius 2 is 1.74 bits per heavy atom. The van der Waals surface area contributed by atoms with Crippen molar-refractivity contribution in [3.8, 4) is 5.75 Å². The summed E-state index contributed by atoms with van der Waals surface area (Å²) in [6, 6.07) is 16.4. The Morgan fingerprint density at radius 3 is 2.29 bits per heavy atom. The number of hydrogen-bond donors (Lipinski definition) is 1. The van der Waals surface area contributed by atoms with Crippen molar-refractivity contribution >= 4 is 5.57 Å². The van der Waals surface area contributed by atoms with Gasteiger partial charge in [-0.25, -0.2) is 0 Å². The molecule has 4 rings (SSSR count). The SMILES string of the molecule is COc1ccc([C@]2(CCN(Cc3ccc(C4=CCC(CO)CC4)cc3)CC(C)(C)C(F)(F)F)CCOC(C)(C)C2)cc1. The van der Waals surface area contributed by atoms with Crippen LogP contribution in [0.25, 0.3) is 5.57 Å². The Balaban J connectivity index is 1.56. The smallest absolute Gasteiger partial charge is 0.395 e. The first-order chi connectivity index (χ1) is 19.8. The van der Waals surface area contributed by atoms with Gasteiger partial charge >= 0.3 is 6.18 Å². The van der Waals surface area contributed by atoms with Crippen LogP contribution >= 0.6 is 0 Å². The Hall–Kier alpha value is -2.35. The maximum atomic E-state index is 14.1. The number of aliphatic hydroxyl groups is 1. The number of methoxy groups -OCH3 is 1. The summed E-state index contributed by atoms with van der Waals surface area (Å²) in [6.07, 6.45) is 3.05. The molecule has 0 saturated carbocycles. The van der Waals surface area contributed by atoms with Gasteiger partial charge in [-0.1, -0.05) is 42.5 Å². The maximum Gasteiger partial charge on any atom is 0.395 e. The van der Waals surface area contributed by atoms with E-state index in [1.807, 2.05) is 17.0 Å². The van der Waals surface area contributed by atoms with Gasteiger partial charge in [0.15, 0.2) is 0 Å². The number of nitrogens with zero attached hydrogens (tertiary/aromatic N) is 1. The first kappa shape index (κ1) is 32.6. The van der Waals surface area contributed by atoms with Gasteiger partial charge in [-0.2, -0.15) is 13.2 Å². The highest BCUT2D eigenvalue weighted by Gasteiger charge is 2.48. The molecule has 42 heavy (non-hydrogen) atoms. The van der Waals surface area contributed by atoms with Crippen molar-refractivity contribution in [3.05, 3.63) is 71.3 Å².